The topological polar surface area (TPSA) is 44.8 Å². The minimum Gasteiger partial charge on any atom is -0.490 e. The van der Waals surface area contributed by atoms with Gasteiger partial charge >= 0.3 is 5.97 Å². The highest BCUT2D eigenvalue weighted by molar-refractivity contribution is 5.92. The quantitative estimate of drug-likeness (QED) is 0.700. The Hall–Kier alpha value is -1.55. The van der Waals surface area contributed by atoms with Crippen LogP contribution in [-0.4, -0.2) is 32.9 Å². The summed E-state index contributed by atoms with van der Waals surface area (Å²) in [4.78, 5) is 11.5. The molecule has 0 spiro atoms. The van der Waals surface area contributed by atoms with Crippen LogP contribution in [0.2, 0.25) is 0 Å². The van der Waals surface area contributed by atoms with E-state index in [4.69, 9.17) is 14.2 Å². The van der Waals surface area contributed by atoms with Crippen molar-refractivity contribution < 1.29 is 19.0 Å². The van der Waals surface area contributed by atoms with E-state index in [0.29, 0.717) is 17.9 Å². The van der Waals surface area contributed by atoms with Gasteiger partial charge in [0, 0.05) is 7.11 Å². The zero-order valence-corrected chi connectivity index (χ0v) is 11.1. The first-order chi connectivity index (χ1) is 8.72. The lowest BCUT2D eigenvalue weighted by atomic mass is 10.2. The van der Waals surface area contributed by atoms with Crippen LogP contribution in [0.4, 0.5) is 0 Å². The highest BCUT2D eigenvalue weighted by Gasteiger charge is 2.14. The monoisotopic (exact) mass is 252 g/mol. The van der Waals surface area contributed by atoms with E-state index in [2.05, 4.69) is 6.92 Å². The number of rotatable bonds is 7. The van der Waals surface area contributed by atoms with Crippen molar-refractivity contribution in [1.82, 2.24) is 0 Å². The summed E-state index contributed by atoms with van der Waals surface area (Å²) in [5.74, 6) is 0.137. The van der Waals surface area contributed by atoms with Gasteiger partial charge in [0.05, 0.1) is 13.2 Å². The lowest BCUT2D eigenvalue weighted by molar-refractivity contribution is 0.0487. The highest BCUT2D eigenvalue weighted by Crippen LogP contribution is 2.19. The summed E-state index contributed by atoms with van der Waals surface area (Å²) < 4.78 is 15.6. The summed E-state index contributed by atoms with van der Waals surface area (Å²) in [7, 11) is 3.02. The maximum atomic E-state index is 11.5. The van der Waals surface area contributed by atoms with Gasteiger partial charge in [0.15, 0.2) is 0 Å². The zero-order valence-electron chi connectivity index (χ0n) is 11.1. The molecule has 1 aromatic rings. The van der Waals surface area contributed by atoms with Gasteiger partial charge in [-0.2, -0.15) is 0 Å². The average Bonchev–Trinajstić information content (AvgIpc) is 2.43. The van der Waals surface area contributed by atoms with Gasteiger partial charge in [-0.1, -0.05) is 25.5 Å². The number of ether oxygens (including phenoxy) is 3. The Morgan fingerprint density at radius 2 is 2.00 bits per heavy atom. The Bertz CT molecular complexity index is 376. The summed E-state index contributed by atoms with van der Waals surface area (Å²) in [6.07, 6.45) is 2.00. The zero-order chi connectivity index (χ0) is 13.4. The minimum atomic E-state index is -0.393. The maximum absolute atomic E-state index is 11.5. The molecular weight excluding hydrogens is 232 g/mol. The average molecular weight is 252 g/mol. The molecule has 18 heavy (non-hydrogen) atoms. The fourth-order valence-corrected chi connectivity index (χ4v) is 1.65. The predicted octanol–water partition coefficient (Wildman–Crippen LogP) is 2.67. The number of hydrogen-bond donors (Lipinski definition) is 0. The number of esters is 1. The van der Waals surface area contributed by atoms with Crippen LogP contribution in [0.1, 0.15) is 30.1 Å². The molecule has 0 aliphatic carbocycles. The molecule has 0 aromatic heterocycles. The second-order valence-electron chi connectivity index (χ2n) is 3.95. The van der Waals surface area contributed by atoms with Crippen molar-refractivity contribution in [2.24, 2.45) is 0 Å². The van der Waals surface area contributed by atoms with Crippen LogP contribution in [-0.2, 0) is 9.47 Å². The van der Waals surface area contributed by atoms with Crippen molar-refractivity contribution >= 4 is 5.97 Å². The molecule has 4 heteroatoms. The molecule has 1 aromatic carbocycles. The number of para-hydroxylation sites is 1. The molecule has 0 N–H and O–H groups in total. The van der Waals surface area contributed by atoms with Crippen molar-refractivity contribution in [3.8, 4) is 5.75 Å². The largest absolute Gasteiger partial charge is 0.490 e. The van der Waals surface area contributed by atoms with Crippen molar-refractivity contribution in [2.75, 3.05) is 20.8 Å². The number of methoxy groups -OCH3 is 2. The molecule has 0 amide bonds. The molecule has 0 bridgehead atoms. The molecule has 0 saturated heterocycles. The summed E-state index contributed by atoms with van der Waals surface area (Å²) in [5, 5.41) is 0. The summed E-state index contributed by atoms with van der Waals surface area (Å²) in [6, 6.07) is 7.04. The molecule has 0 aliphatic rings. The third kappa shape index (κ3) is 4.04. The predicted molar refractivity (Wildman–Crippen MR) is 69.0 cm³/mol. The van der Waals surface area contributed by atoms with Gasteiger partial charge < -0.3 is 14.2 Å². The first-order valence-corrected chi connectivity index (χ1v) is 6.05. The van der Waals surface area contributed by atoms with Crippen molar-refractivity contribution in [2.45, 2.75) is 25.9 Å². The van der Waals surface area contributed by atoms with Gasteiger partial charge in [-0.05, 0) is 18.6 Å². The molecular formula is C14H20O4. The third-order valence-corrected chi connectivity index (χ3v) is 2.66. The van der Waals surface area contributed by atoms with E-state index in [1.807, 2.05) is 6.07 Å². The van der Waals surface area contributed by atoms with Gasteiger partial charge in [-0.15, -0.1) is 0 Å². The van der Waals surface area contributed by atoms with Crippen molar-refractivity contribution in [3.05, 3.63) is 29.8 Å². The second kappa shape index (κ2) is 7.71. The van der Waals surface area contributed by atoms with Crippen LogP contribution < -0.4 is 4.74 Å². The van der Waals surface area contributed by atoms with E-state index < -0.39 is 5.97 Å². The van der Waals surface area contributed by atoms with Gasteiger partial charge in [0.1, 0.15) is 17.9 Å². The summed E-state index contributed by atoms with van der Waals surface area (Å²) in [6.45, 7) is 2.52. The van der Waals surface area contributed by atoms with Gasteiger partial charge in [-0.25, -0.2) is 4.79 Å². The molecule has 4 nitrogen and oxygen atoms in total. The van der Waals surface area contributed by atoms with E-state index >= 15 is 0 Å². The van der Waals surface area contributed by atoms with E-state index in [0.717, 1.165) is 12.8 Å². The normalized spacial score (nSPS) is 11.9. The highest BCUT2D eigenvalue weighted by atomic mass is 16.5. The molecule has 1 unspecified atom stereocenters. The molecule has 100 valence electrons. The van der Waals surface area contributed by atoms with Crippen LogP contribution in [0, 0.1) is 0 Å². The Labute approximate surface area is 108 Å². The van der Waals surface area contributed by atoms with E-state index in [1.54, 1.807) is 25.3 Å². The van der Waals surface area contributed by atoms with E-state index in [-0.39, 0.29) is 6.10 Å². The fraction of sp³-hybridized carbons (Fsp3) is 0.500. The molecule has 0 heterocycles. The Balaban J connectivity index is 2.69. The lowest BCUT2D eigenvalue weighted by Crippen LogP contribution is -2.20. The van der Waals surface area contributed by atoms with Crippen LogP contribution >= 0.6 is 0 Å². The summed E-state index contributed by atoms with van der Waals surface area (Å²) in [5.41, 5.74) is 0.436. The standard InChI is InChI=1S/C14H20O4/c1-4-7-11(16-2)10-18-13-9-6-5-8-12(13)14(15)17-3/h5-6,8-9,11H,4,7,10H2,1-3H3. The van der Waals surface area contributed by atoms with Crippen molar-refractivity contribution in [1.29, 1.82) is 0 Å². The summed E-state index contributed by atoms with van der Waals surface area (Å²) >= 11 is 0. The van der Waals surface area contributed by atoms with E-state index in [9.17, 15) is 4.79 Å². The third-order valence-electron chi connectivity index (χ3n) is 2.66. The van der Waals surface area contributed by atoms with Crippen LogP contribution in [0.15, 0.2) is 24.3 Å². The van der Waals surface area contributed by atoms with Gasteiger partial charge in [0.2, 0.25) is 0 Å². The molecule has 0 aliphatic heterocycles. The first kappa shape index (κ1) is 14.5. The number of carbonyl (C=O) groups is 1. The van der Waals surface area contributed by atoms with Gasteiger partial charge in [0.25, 0.3) is 0 Å². The van der Waals surface area contributed by atoms with Crippen LogP contribution in [0.3, 0.4) is 0 Å². The maximum Gasteiger partial charge on any atom is 0.341 e. The number of carbonyl (C=O) groups excluding carboxylic acids is 1. The number of benzene rings is 1. The Morgan fingerprint density at radius 1 is 1.28 bits per heavy atom. The Morgan fingerprint density at radius 3 is 2.61 bits per heavy atom. The lowest BCUT2D eigenvalue weighted by Gasteiger charge is -2.16. The molecule has 1 rings (SSSR count). The minimum absolute atomic E-state index is 0.0423. The SMILES string of the molecule is CCCC(COc1ccccc1C(=O)OC)OC. The van der Waals surface area contributed by atoms with Crippen LogP contribution in [0.25, 0.3) is 0 Å². The van der Waals surface area contributed by atoms with E-state index in [1.165, 1.54) is 7.11 Å². The second-order valence-corrected chi connectivity index (χ2v) is 3.95. The molecule has 0 saturated carbocycles. The molecule has 1 atom stereocenters. The molecule has 0 radical (unpaired) electrons. The number of hydrogen-bond acceptors (Lipinski definition) is 4. The Kier molecular flexibility index (Phi) is 6.22. The van der Waals surface area contributed by atoms with Crippen LogP contribution in [0.5, 0.6) is 5.75 Å². The first-order valence-electron chi connectivity index (χ1n) is 6.05. The van der Waals surface area contributed by atoms with Crippen molar-refractivity contribution in [3.63, 3.8) is 0 Å². The molecule has 0 fully saturated rings. The fourth-order valence-electron chi connectivity index (χ4n) is 1.65. The van der Waals surface area contributed by atoms with Gasteiger partial charge in [-0.3, -0.25) is 0 Å². The smallest absolute Gasteiger partial charge is 0.341 e.